The van der Waals surface area contributed by atoms with Crippen molar-refractivity contribution in [3.05, 3.63) is 11.7 Å². The van der Waals surface area contributed by atoms with Crippen molar-refractivity contribution >= 4 is 0 Å². The predicted octanol–water partition coefficient (Wildman–Crippen LogP) is 2.57. The summed E-state index contributed by atoms with van der Waals surface area (Å²) in [5.41, 5.74) is -0.0595. The smallest absolute Gasteiger partial charge is 0.232 e. The Hall–Kier alpha value is -0.900. The molecule has 4 heteroatoms. The molecule has 0 amide bonds. The molecule has 1 fully saturated rings. The second-order valence-corrected chi connectivity index (χ2v) is 5.56. The molecule has 1 aromatic rings. The lowest BCUT2D eigenvalue weighted by molar-refractivity contribution is 0.315. The van der Waals surface area contributed by atoms with Crippen LogP contribution in [0.4, 0.5) is 0 Å². The van der Waals surface area contributed by atoms with E-state index >= 15 is 0 Å². The van der Waals surface area contributed by atoms with Crippen molar-refractivity contribution in [3.63, 3.8) is 0 Å². The summed E-state index contributed by atoms with van der Waals surface area (Å²) in [6.45, 7) is 7.32. The van der Waals surface area contributed by atoms with E-state index in [-0.39, 0.29) is 11.5 Å². The van der Waals surface area contributed by atoms with Gasteiger partial charge < -0.3 is 9.84 Å². The van der Waals surface area contributed by atoms with Crippen molar-refractivity contribution in [2.75, 3.05) is 6.54 Å². The second kappa shape index (κ2) is 4.53. The minimum atomic E-state index is -0.0595. The molecular weight excluding hydrogens is 202 g/mol. The number of nitrogens with zero attached hydrogens (tertiary/aromatic N) is 2. The van der Waals surface area contributed by atoms with Crippen LogP contribution in [-0.4, -0.2) is 16.7 Å². The van der Waals surface area contributed by atoms with E-state index in [2.05, 4.69) is 36.2 Å². The van der Waals surface area contributed by atoms with Gasteiger partial charge in [-0.25, -0.2) is 0 Å². The van der Waals surface area contributed by atoms with Crippen molar-refractivity contribution in [2.24, 2.45) is 0 Å². The first-order chi connectivity index (χ1) is 7.57. The summed E-state index contributed by atoms with van der Waals surface area (Å²) in [6.07, 6.45) is 4.91. The van der Waals surface area contributed by atoms with Gasteiger partial charge in [-0.15, -0.1) is 0 Å². The third-order valence-electron chi connectivity index (χ3n) is 2.96. The molecule has 0 aliphatic carbocycles. The Bertz CT molecular complexity index is 332. The molecule has 1 saturated heterocycles. The fourth-order valence-electron chi connectivity index (χ4n) is 1.93. The van der Waals surface area contributed by atoms with E-state index in [1.165, 1.54) is 19.3 Å². The Morgan fingerprint density at radius 3 is 2.75 bits per heavy atom. The first kappa shape index (κ1) is 11.6. The summed E-state index contributed by atoms with van der Waals surface area (Å²) in [7, 11) is 0. The molecule has 0 spiro atoms. The van der Waals surface area contributed by atoms with E-state index in [1.54, 1.807) is 0 Å². The Labute approximate surface area is 96.8 Å². The normalized spacial score (nSPS) is 23.1. The third-order valence-corrected chi connectivity index (χ3v) is 2.96. The van der Waals surface area contributed by atoms with Crippen molar-refractivity contribution < 1.29 is 4.52 Å². The summed E-state index contributed by atoms with van der Waals surface area (Å²) in [6, 6.07) is 0.280. The van der Waals surface area contributed by atoms with E-state index in [0.717, 1.165) is 24.7 Å². The summed E-state index contributed by atoms with van der Waals surface area (Å²) in [5.74, 6) is 1.56. The Morgan fingerprint density at radius 2 is 2.06 bits per heavy atom. The molecule has 4 nitrogen and oxygen atoms in total. The Kier molecular flexibility index (Phi) is 3.28. The van der Waals surface area contributed by atoms with Crippen LogP contribution >= 0.6 is 0 Å². The minimum absolute atomic E-state index is 0.0595. The quantitative estimate of drug-likeness (QED) is 0.795. The molecule has 1 unspecified atom stereocenters. The van der Waals surface area contributed by atoms with Gasteiger partial charge >= 0.3 is 0 Å². The minimum Gasteiger partial charge on any atom is -0.339 e. The highest BCUT2D eigenvalue weighted by atomic mass is 16.5. The lowest BCUT2D eigenvalue weighted by atomic mass is 9.97. The third kappa shape index (κ3) is 2.61. The molecule has 1 atom stereocenters. The van der Waals surface area contributed by atoms with Gasteiger partial charge in [0.1, 0.15) is 0 Å². The van der Waals surface area contributed by atoms with Gasteiger partial charge in [0.15, 0.2) is 5.82 Å². The monoisotopic (exact) mass is 223 g/mol. The summed E-state index contributed by atoms with van der Waals surface area (Å²) >= 11 is 0. The lowest BCUT2D eigenvalue weighted by Crippen LogP contribution is -2.21. The average Bonchev–Trinajstić information content (AvgIpc) is 2.55. The summed E-state index contributed by atoms with van der Waals surface area (Å²) in [4.78, 5) is 4.51. The van der Waals surface area contributed by atoms with Crippen molar-refractivity contribution in [2.45, 2.75) is 57.9 Å². The maximum Gasteiger partial charge on any atom is 0.232 e. The zero-order chi connectivity index (χ0) is 11.6. The first-order valence-electron chi connectivity index (χ1n) is 6.15. The van der Waals surface area contributed by atoms with Gasteiger partial charge in [-0.3, -0.25) is 0 Å². The standard InChI is InChI=1S/C12H21N3O/c1-12(2,3)11-14-10(15-16-11)9-7-5-4-6-8-13-9/h9,13H,4-8H2,1-3H3. The highest BCUT2D eigenvalue weighted by Gasteiger charge is 2.25. The van der Waals surface area contributed by atoms with E-state index in [4.69, 9.17) is 4.52 Å². The highest BCUT2D eigenvalue weighted by Crippen LogP contribution is 2.24. The molecule has 0 saturated carbocycles. The highest BCUT2D eigenvalue weighted by molar-refractivity contribution is 5.01. The molecule has 1 N–H and O–H groups in total. The summed E-state index contributed by atoms with van der Waals surface area (Å²) in [5, 5.41) is 7.58. The van der Waals surface area contributed by atoms with Crippen LogP contribution in [0.15, 0.2) is 4.52 Å². The van der Waals surface area contributed by atoms with E-state index in [1.807, 2.05) is 0 Å². The molecule has 0 radical (unpaired) electrons. The molecule has 0 bridgehead atoms. The fourth-order valence-corrected chi connectivity index (χ4v) is 1.93. The Morgan fingerprint density at radius 1 is 1.25 bits per heavy atom. The molecule has 16 heavy (non-hydrogen) atoms. The molecular formula is C12H21N3O. The van der Waals surface area contributed by atoms with Crippen LogP contribution in [0.3, 0.4) is 0 Å². The van der Waals surface area contributed by atoms with Crippen LogP contribution in [-0.2, 0) is 5.41 Å². The number of hydrogen-bond acceptors (Lipinski definition) is 4. The second-order valence-electron chi connectivity index (χ2n) is 5.56. The molecule has 1 aliphatic heterocycles. The Balaban J connectivity index is 2.11. The zero-order valence-electron chi connectivity index (χ0n) is 10.4. The number of nitrogens with one attached hydrogen (secondary N) is 1. The molecule has 0 aromatic carbocycles. The SMILES string of the molecule is CC(C)(C)c1nc(C2CCCCCN2)no1. The molecule has 2 heterocycles. The predicted molar refractivity (Wildman–Crippen MR) is 62.2 cm³/mol. The maximum absolute atomic E-state index is 5.32. The molecule has 2 rings (SSSR count). The van der Waals surface area contributed by atoms with Crippen molar-refractivity contribution in [1.29, 1.82) is 0 Å². The van der Waals surface area contributed by atoms with Gasteiger partial charge in [0.25, 0.3) is 0 Å². The van der Waals surface area contributed by atoms with Crippen LogP contribution < -0.4 is 5.32 Å². The van der Waals surface area contributed by atoms with Gasteiger partial charge in [0.05, 0.1) is 6.04 Å². The van der Waals surface area contributed by atoms with Crippen LogP contribution in [0.2, 0.25) is 0 Å². The van der Waals surface area contributed by atoms with Gasteiger partial charge in [0, 0.05) is 5.41 Å². The van der Waals surface area contributed by atoms with Crippen molar-refractivity contribution in [3.8, 4) is 0 Å². The van der Waals surface area contributed by atoms with Gasteiger partial charge in [-0.05, 0) is 19.4 Å². The largest absolute Gasteiger partial charge is 0.339 e. The summed E-state index contributed by atoms with van der Waals surface area (Å²) < 4.78 is 5.32. The van der Waals surface area contributed by atoms with E-state index < -0.39 is 0 Å². The van der Waals surface area contributed by atoms with Gasteiger partial charge in [-0.2, -0.15) is 4.98 Å². The molecule has 1 aliphatic rings. The first-order valence-corrected chi connectivity index (χ1v) is 6.15. The van der Waals surface area contributed by atoms with Gasteiger partial charge in [0.2, 0.25) is 5.89 Å². The van der Waals surface area contributed by atoms with Crippen LogP contribution in [0.25, 0.3) is 0 Å². The topological polar surface area (TPSA) is 51.0 Å². The number of aromatic nitrogens is 2. The maximum atomic E-state index is 5.32. The lowest BCUT2D eigenvalue weighted by Gasteiger charge is -2.12. The zero-order valence-corrected chi connectivity index (χ0v) is 10.4. The van der Waals surface area contributed by atoms with Crippen molar-refractivity contribution in [1.82, 2.24) is 15.5 Å². The van der Waals surface area contributed by atoms with Crippen LogP contribution in [0, 0.1) is 0 Å². The van der Waals surface area contributed by atoms with E-state index in [9.17, 15) is 0 Å². The fraction of sp³-hybridized carbons (Fsp3) is 0.833. The van der Waals surface area contributed by atoms with Crippen LogP contribution in [0.1, 0.15) is 64.2 Å². The number of hydrogen-bond donors (Lipinski definition) is 1. The van der Waals surface area contributed by atoms with Crippen LogP contribution in [0.5, 0.6) is 0 Å². The van der Waals surface area contributed by atoms with E-state index in [0.29, 0.717) is 0 Å². The molecule has 90 valence electrons. The van der Waals surface area contributed by atoms with Gasteiger partial charge in [-0.1, -0.05) is 38.8 Å². The molecule has 1 aromatic heterocycles. The average molecular weight is 223 g/mol. The number of rotatable bonds is 1.